The van der Waals surface area contributed by atoms with Gasteiger partial charge in [-0.3, -0.25) is 9.59 Å². The number of unbranched alkanes of at least 4 members (excludes halogenated alkanes) is 12. The predicted octanol–water partition coefficient (Wildman–Crippen LogP) is 9.49. The van der Waals surface area contributed by atoms with Crippen LogP contribution in [-0.4, -0.2) is 23.1 Å². The molecule has 0 radical (unpaired) electrons. The molecule has 0 aromatic heterocycles. The molecular formula is C31H54O4. The summed E-state index contributed by atoms with van der Waals surface area (Å²) in [6, 6.07) is 0. The van der Waals surface area contributed by atoms with Gasteiger partial charge in [-0.05, 0) is 63.9 Å². The quantitative estimate of drug-likeness (QED) is 0.0786. The van der Waals surface area contributed by atoms with Crippen molar-refractivity contribution < 1.29 is 19.4 Å². The van der Waals surface area contributed by atoms with E-state index in [0.717, 1.165) is 77.0 Å². The molecule has 0 rings (SSSR count). The highest BCUT2D eigenvalue weighted by Crippen LogP contribution is 2.14. The number of rotatable bonds is 25. The number of carboxylic acid groups (broad SMARTS) is 1. The lowest BCUT2D eigenvalue weighted by molar-refractivity contribution is -0.147. The zero-order chi connectivity index (χ0) is 25.8. The van der Waals surface area contributed by atoms with Crippen LogP contribution in [0.2, 0.25) is 0 Å². The van der Waals surface area contributed by atoms with Crippen molar-refractivity contribution in [3.63, 3.8) is 0 Å². The highest BCUT2D eigenvalue weighted by atomic mass is 16.5. The second-order valence-electron chi connectivity index (χ2n) is 9.57. The van der Waals surface area contributed by atoms with Crippen molar-refractivity contribution in [3.8, 4) is 0 Å². The number of hydrogen-bond acceptors (Lipinski definition) is 3. The Bertz CT molecular complexity index is 577. The molecule has 0 spiro atoms. The molecule has 0 saturated heterocycles. The highest BCUT2D eigenvalue weighted by Gasteiger charge is 2.11. The maximum Gasteiger partial charge on any atom is 0.306 e. The maximum absolute atomic E-state index is 12.3. The normalized spacial score (nSPS) is 12.7. The lowest BCUT2D eigenvalue weighted by Crippen LogP contribution is -2.16. The SMILES string of the molecule is CCCC/C=C\C/C=C\CCCCCCCC(=O)OC(/C=C\CCCC)CCCCCCC(=O)O. The van der Waals surface area contributed by atoms with E-state index in [1.165, 1.54) is 38.5 Å². The largest absolute Gasteiger partial charge is 0.481 e. The van der Waals surface area contributed by atoms with Gasteiger partial charge >= 0.3 is 11.9 Å². The number of esters is 1. The van der Waals surface area contributed by atoms with Gasteiger partial charge in [-0.15, -0.1) is 0 Å². The second kappa shape index (κ2) is 26.8. The van der Waals surface area contributed by atoms with E-state index < -0.39 is 5.97 Å². The summed E-state index contributed by atoms with van der Waals surface area (Å²) >= 11 is 0. The highest BCUT2D eigenvalue weighted by molar-refractivity contribution is 5.69. The lowest BCUT2D eigenvalue weighted by Gasteiger charge is -2.14. The van der Waals surface area contributed by atoms with Gasteiger partial charge in [0, 0.05) is 12.8 Å². The fourth-order valence-electron chi connectivity index (χ4n) is 3.86. The van der Waals surface area contributed by atoms with Crippen molar-refractivity contribution in [2.75, 3.05) is 0 Å². The zero-order valence-corrected chi connectivity index (χ0v) is 22.9. The molecule has 0 saturated carbocycles. The number of ether oxygens (including phenoxy) is 1. The van der Waals surface area contributed by atoms with Gasteiger partial charge in [-0.1, -0.05) is 102 Å². The third kappa shape index (κ3) is 26.6. The summed E-state index contributed by atoms with van der Waals surface area (Å²) in [5.41, 5.74) is 0. The molecular weight excluding hydrogens is 436 g/mol. The standard InChI is InChI=1S/C31H54O4/c1-3-5-7-9-10-11-12-13-14-15-16-17-18-24-28-31(34)35-29(25-21-8-6-4-2)26-22-19-20-23-27-30(32)33/h9-10,12-13,21,25,29H,3-8,11,14-20,22-24,26-28H2,1-2H3,(H,32,33)/b10-9-,13-12-,25-21-. The average Bonchev–Trinajstić information content (AvgIpc) is 2.83. The van der Waals surface area contributed by atoms with Crippen LogP contribution in [0.15, 0.2) is 36.5 Å². The van der Waals surface area contributed by atoms with Crippen LogP contribution in [0.25, 0.3) is 0 Å². The molecule has 4 nitrogen and oxygen atoms in total. The van der Waals surface area contributed by atoms with E-state index in [1.807, 2.05) is 0 Å². The Morgan fingerprint density at radius 2 is 1.20 bits per heavy atom. The first-order chi connectivity index (χ1) is 17.1. The summed E-state index contributed by atoms with van der Waals surface area (Å²) in [4.78, 5) is 22.9. The van der Waals surface area contributed by atoms with Crippen LogP contribution >= 0.6 is 0 Å². The average molecular weight is 491 g/mol. The van der Waals surface area contributed by atoms with Gasteiger partial charge in [0.1, 0.15) is 6.10 Å². The van der Waals surface area contributed by atoms with Gasteiger partial charge in [-0.25, -0.2) is 0 Å². The second-order valence-corrected chi connectivity index (χ2v) is 9.57. The third-order valence-corrected chi connectivity index (χ3v) is 6.07. The summed E-state index contributed by atoms with van der Waals surface area (Å²) in [5.74, 6) is -0.815. The van der Waals surface area contributed by atoms with E-state index in [-0.39, 0.29) is 18.5 Å². The Morgan fingerprint density at radius 1 is 0.657 bits per heavy atom. The molecule has 0 fully saturated rings. The Hall–Kier alpha value is -1.84. The van der Waals surface area contributed by atoms with Crippen LogP contribution in [0.5, 0.6) is 0 Å². The van der Waals surface area contributed by atoms with Crippen LogP contribution in [-0.2, 0) is 14.3 Å². The van der Waals surface area contributed by atoms with E-state index in [0.29, 0.717) is 6.42 Å². The van der Waals surface area contributed by atoms with Crippen molar-refractivity contribution >= 4 is 11.9 Å². The molecule has 0 bridgehead atoms. The van der Waals surface area contributed by atoms with E-state index in [1.54, 1.807) is 0 Å². The molecule has 1 unspecified atom stereocenters. The van der Waals surface area contributed by atoms with Gasteiger partial charge in [0.2, 0.25) is 0 Å². The third-order valence-electron chi connectivity index (χ3n) is 6.07. The van der Waals surface area contributed by atoms with E-state index in [2.05, 4.69) is 50.3 Å². The molecule has 0 amide bonds. The van der Waals surface area contributed by atoms with E-state index >= 15 is 0 Å². The van der Waals surface area contributed by atoms with Gasteiger partial charge in [0.05, 0.1) is 0 Å². The number of hydrogen-bond donors (Lipinski definition) is 1. The minimum atomic E-state index is -0.728. The van der Waals surface area contributed by atoms with Gasteiger partial charge in [-0.2, -0.15) is 0 Å². The fraction of sp³-hybridized carbons (Fsp3) is 0.742. The monoisotopic (exact) mass is 490 g/mol. The molecule has 0 aromatic carbocycles. The molecule has 0 aromatic rings. The summed E-state index contributed by atoms with van der Waals surface area (Å²) < 4.78 is 5.75. The molecule has 0 aliphatic heterocycles. The maximum atomic E-state index is 12.3. The van der Waals surface area contributed by atoms with Gasteiger partial charge in [0.25, 0.3) is 0 Å². The molecule has 1 N–H and O–H groups in total. The van der Waals surface area contributed by atoms with Crippen LogP contribution < -0.4 is 0 Å². The van der Waals surface area contributed by atoms with Crippen LogP contribution in [0.4, 0.5) is 0 Å². The smallest absolute Gasteiger partial charge is 0.306 e. The van der Waals surface area contributed by atoms with E-state index in [4.69, 9.17) is 9.84 Å². The first-order valence-corrected chi connectivity index (χ1v) is 14.5. The minimum Gasteiger partial charge on any atom is -0.481 e. The van der Waals surface area contributed by atoms with Crippen LogP contribution in [0, 0.1) is 0 Å². The molecule has 35 heavy (non-hydrogen) atoms. The topological polar surface area (TPSA) is 63.6 Å². The van der Waals surface area contributed by atoms with Crippen LogP contribution in [0.3, 0.4) is 0 Å². The molecule has 4 heteroatoms. The van der Waals surface area contributed by atoms with Gasteiger partial charge in [0.15, 0.2) is 0 Å². The molecule has 1 atom stereocenters. The number of allylic oxidation sites excluding steroid dienone is 5. The van der Waals surface area contributed by atoms with Crippen molar-refractivity contribution in [3.05, 3.63) is 36.5 Å². The summed E-state index contributed by atoms with van der Waals surface area (Å²) in [5, 5.41) is 8.73. The van der Waals surface area contributed by atoms with Crippen molar-refractivity contribution in [2.45, 2.75) is 148 Å². The first-order valence-electron chi connectivity index (χ1n) is 14.5. The number of aliphatic carboxylic acids is 1. The van der Waals surface area contributed by atoms with Crippen molar-refractivity contribution in [1.82, 2.24) is 0 Å². The molecule has 0 aliphatic carbocycles. The van der Waals surface area contributed by atoms with Crippen molar-refractivity contribution in [1.29, 1.82) is 0 Å². The van der Waals surface area contributed by atoms with E-state index in [9.17, 15) is 9.59 Å². The minimum absolute atomic E-state index is 0.0871. The fourth-order valence-corrected chi connectivity index (χ4v) is 3.86. The summed E-state index contributed by atoms with van der Waals surface area (Å²) in [6.07, 6.45) is 33.2. The molecule has 0 heterocycles. The number of carbonyl (C=O) groups is 2. The predicted molar refractivity (Wildman–Crippen MR) is 149 cm³/mol. The first kappa shape index (κ1) is 33.2. The summed E-state index contributed by atoms with van der Waals surface area (Å²) in [7, 11) is 0. The Labute approximate surface area is 216 Å². The zero-order valence-electron chi connectivity index (χ0n) is 22.9. The number of carboxylic acids is 1. The Kier molecular flexibility index (Phi) is 25.4. The molecule has 0 aliphatic rings. The van der Waals surface area contributed by atoms with Crippen LogP contribution in [0.1, 0.15) is 142 Å². The summed E-state index contributed by atoms with van der Waals surface area (Å²) in [6.45, 7) is 4.40. The molecule has 202 valence electrons. The lowest BCUT2D eigenvalue weighted by atomic mass is 10.1. The Balaban J connectivity index is 3.93. The van der Waals surface area contributed by atoms with Gasteiger partial charge < -0.3 is 9.84 Å². The van der Waals surface area contributed by atoms with Crippen molar-refractivity contribution in [2.24, 2.45) is 0 Å². The Morgan fingerprint density at radius 3 is 1.86 bits per heavy atom. The number of carbonyl (C=O) groups excluding carboxylic acids is 1.